The monoisotopic (exact) mass is 394 g/mol. The van der Waals surface area contributed by atoms with Gasteiger partial charge in [-0.15, -0.1) is 0 Å². The van der Waals surface area contributed by atoms with Gasteiger partial charge in [0.15, 0.2) is 0 Å². The maximum absolute atomic E-state index is 11.4. The lowest BCUT2D eigenvalue weighted by molar-refractivity contribution is 0.0651. The summed E-state index contributed by atoms with van der Waals surface area (Å²) in [5, 5.41) is 18.5. The highest BCUT2D eigenvalue weighted by Crippen LogP contribution is 2.38. The Balaban J connectivity index is 1.67. The maximum atomic E-state index is 11.4. The summed E-state index contributed by atoms with van der Waals surface area (Å²) in [7, 11) is 0. The number of carbonyl (C=O) groups is 2. The highest BCUT2D eigenvalue weighted by atomic mass is 16.4. The first kappa shape index (κ1) is 21.1. The topological polar surface area (TPSA) is 74.6 Å². The van der Waals surface area contributed by atoms with Gasteiger partial charge in [-0.3, -0.25) is 0 Å². The second-order valence-corrected chi connectivity index (χ2v) is 8.21. The third-order valence-corrected chi connectivity index (χ3v) is 6.26. The number of hydrogen-bond donors (Lipinski definition) is 2. The van der Waals surface area contributed by atoms with Gasteiger partial charge >= 0.3 is 11.9 Å². The lowest BCUT2D eigenvalue weighted by Gasteiger charge is -2.29. The van der Waals surface area contributed by atoms with E-state index in [2.05, 4.69) is 19.1 Å². The summed E-state index contributed by atoms with van der Waals surface area (Å²) in [5.74, 6) is -0.958. The van der Waals surface area contributed by atoms with Crippen molar-refractivity contribution in [1.82, 2.24) is 0 Å². The van der Waals surface area contributed by atoms with Crippen LogP contribution in [0.25, 0.3) is 11.1 Å². The summed E-state index contributed by atoms with van der Waals surface area (Å²) >= 11 is 0. The Kier molecular flexibility index (Phi) is 7.08. The Hall–Kier alpha value is -2.62. The van der Waals surface area contributed by atoms with Crippen LogP contribution in [0.4, 0.5) is 0 Å². The Labute approximate surface area is 172 Å². The molecule has 0 radical (unpaired) electrons. The molecule has 1 fully saturated rings. The van der Waals surface area contributed by atoms with Crippen LogP contribution in [0, 0.1) is 5.92 Å². The van der Waals surface area contributed by atoms with E-state index < -0.39 is 11.9 Å². The number of unbranched alkanes of at least 4 members (excludes halogenated alkanes) is 2. The van der Waals surface area contributed by atoms with E-state index in [4.69, 9.17) is 0 Å². The van der Waals surface area contributed by atoms with Gasteiger partial charge in [0.1, 0.15) is 0 Å². The third kappa shape index (κ3) is 5.26. The fourth-order valence-electron chi connectivity index (χ4n) is 4.50. The minimum Gasteiger partial charge on any atom is -0.478 e. The van der Waals surface area contributed by atoms with E-state index >= 15 is 0 Å². The second kappa shape index (κ2) is 9.73. The van der Waals surface area contributed by atoms with Gasteiger partial charge in [0.2, 0.25) is 0 Å². The van der Waals surface area contributed by atoms with Gasteiger partial charge in [0.25, 0.3) is 0 Å². The molecule has 0 atom stereocenters. The largest absolute Gasteiger partial charge is 0.478 e. The van der Waals surface area contributed by atoms with Crippen molar-refractivity contribution in [2.45, 2.75) is 64.2 Å². The number of benzene rings is 2. The summed E-state index contributed by atoms with van der Waals surface area (Å²) in [6, 6.07) is 12.8. The van der Waals surface area contributed by atoms with Crippen molar-refractivity contribution in [2.24, 2.45) is 5.92 Å². The first-order chi connectivity index (χ1) is 14.0. The normalized spacial score (nSPS) is 19.1. The van der Waals surface area contributed by atoms with Gasteiger partial charge in [-0.25, -0.2) is 9.59 Å². The summed E-state index contributed by atoms with van der Waals surface area (Å²) in [4.78, 5) is 22.6. The van der Waals surface area contributed by atoms with Gasteiger partial charge in [-0.2, -0.15) is 0 Å². The Morgan fingerprint density at radius 3 is 2.03 bits per heavy atom. The smallest absolute Gasteiger partial charge is 0.336 e. The van der Waals surface area contributed by atoms with Crippen molar-refractivity contribution in [3.63, 3.8) is 0 Å². The molecule has 1 aliphatic carbocycles. The minimum atomic E-state index is -1.23. The molecule has 0 aromatic heterocycles. The molecule has 0 saturated heterocycles. The molecule has 2 aromatic carbocycles. The first-order valence-corrected chi connectivity index (χ1v) is 10.7. The van der Waals surface area contributed by atoms with Gasteiger partial charge in [0.05, 0.1) is 11.1 Å². The van der Waals surface area contributed by atoms with Crippen LogP contribution in [0.15, 0.2) is 42.5 Å². The summed E-state index contributed by atoms with van der Waals surface area (Å²) < 4.78 is 0. The molecule has 2 N–H and O–H groups in total. The molecule has 0 amide bonds. The van der Waals surface area contributed by atoms with Gasteiger partial charge in [0, 0.05) is 0 Å². The van der Waals surface area contributed by atoms with E-state index in [-0.39, 0.29) is 11.1 Å². The standard InChI is InChI=1S/C25H30O4/c1-2-3-4-5-17-6-8-18(9-7-17)19-10-12-20(13-11-19)21-14-15-22(24(26)27)23(16-21)25(28)29/h10-18H,2-9H2,1H3,(H,26,27)(H,28,29). The van der Waals surface area contributed by atoms with Crippen LogP contribution in [-0.4, -0.2) is 22.2 Å². The average molecular weight is 395 g/mol. The van der Waals surface area contributed by atoms with E-state index in [0.717, 1.165) is 17.0 Å². The summed E-state index contributed by atoms with van der Waals surface area (Å²) in [6.07, 6.45) is 10.5. The first-order valence-electron chi connectivity index (χ1n) is 10.7. The number of rotatable bonds is 8. The lowest BCUT2D eigenvalue weighted by Crippen LogP contribution is -2.13. The molecule has 0 heterocycles. The Bertz CT molecular complexity index is 846. The quantitative estimate of drug-likeness (QED) is 0.494. The Morgan fingerprint density at radius 2 is 1.45 bits per heavy atom. The molecule has 4 nitrogen and oxygen atoms in total. The van der Waals surface area contributed by atoms with E-state index in [9.17, 15) is 19.8 Å². The number of carboxylic acids is 2. The van der Waals surface area contributed by atoms with Crippen LogP contribution in [0.1, 0.15) is 90.5 Å². The molecular formula is C25H30O4. The third-order valence-electron chi connectivity index (χ3n) is 6.26. The second-order valence-electron chi connectivity index (χ2n) is 8.21. The molecule has 0 bridgehead atoms. The highest BCUT2D eigenvalue weighted by Gasteiger charge is 2.22. The van der Waals surface area contributed by atoms with Crippen molar-refractivity contribution in [3.05, 3.63) is 59.2 Å². The zero-order valence-corrected chi connectivity index (χ0v) is 17.1. The van der Waals surface area contributed by atoms with E-state index in [1.165, 1.54) is 69.1 Å². The Morgan fingerprint density at radius 1 is 0.828 bits per heavy atom. The number of hydrogen-bond acceptors (Lipinski definition) is 2. The van der Waals surface area contributed by atoms with E-state index in [1.807, 2.05) is 12.1 Å². The zero-order chi connectivity index (χ0) is 20.8. The van der Waals surface area contributed by atoms with Gasteiger partial charge < -0.3 is 10.2 Å². The van der Waals surface area contributed by atoms with E-state index in [1.54, 1.807) is 6.07 Å². The molecule has 3 rings (SSSR count). The molecule has 1 saturated carbocycles. The predicted molar refractivity (Wildman–Crippen MR) is 115 cm³/mol. The molecule has 29 heavy (non-hydrogen) atoms. The molecule has 154 valence electrons. The molecular weight excluding hydrogens is 364 g/mol. The van der Waals surface area contributed by atoms with Crippen molar-refractivity contribution >= 4 is 11.9 Å². The lowest BCUT2D eigenvalue weighted by atomic mass is 9.77. The SMILES string of the molecule is CCCCCC1CCC(c2ccc(-c3ccc(C(=O)O)c(C(=O)O)c3)cc2)CC1. The van der Waals surface area contributed by atoms with Gasteiger partial charge in [-0.1, -0.05) is 62.9 Å². The zero-order valence-electron chi connectivity index (χ0n) is 17.1. The van der Waals surface area contributed by atoms with Crippen molar-refractivity contribution in [1.29, 1.82) is 0 Å². The van der Waals surface area contributed by atoms with Crippen LogP contribution in [-0.2, 0) is 0 Å². The fourth-order valence-corrected chi connectivity index (χ4v) is 4.50. The average Bonchev–Trinajstić information content (AvgIpc) is 2.74. The molecule has 1 aliphatic rings. The number of carboxylic acid groups (broad SMARTS) is 2. The van der Waals surface area contributed by atoms with Crippen LogP contribution >= 0.6 is 0 Å². The molecule has 0 aliphatic heterocycles. The van der Waals surface area contributed by atoms with Gasteiger partial charge in [-0.05, 0) is 66.3 Å². The molecule has 2 aromatic rings. The minimum absolute atomic E-state index is 0.180. The highest BCUT2D eigenvalue weighted by molar-refractivity contribution is 6.02. The van der Waals surface area contributed by atoms with Crippen LogP contribution in [0.2, 0.25) is 0 Å². The van der Waals surface area contributed by atoms with Crippen LogP contribution in [0.5, 0.6) is 0 Å². The maximum Gasteiger partial charge on any atom is 0.336 e. The fraction of sp³-hybridized carbons (Fsp3) is 0.440. The molecule has 0 spiro atoms. The van der Waals surface area contributed by atoms with Crippen LogP contribution in [0.3, 0.4) is 0 Å². The molecule has 0 unspecified atom stereocenters. The van der Waals surface area contributed by atoms with Crippen molar-refractivity contribution in [3.8, 4) is 11.1 Å². The predicted octanol–water partition coefficient (Wildman–Crippen LogP) is 6.60. The van der Waals surface area contributed by atoms with E-state index in [0.29, 0.717) is 5.92 Å². The van der Waals surface area contributed by atoms with Crippen molar-refractivity contribution < 1.29 is 19.8 Å². The number of aromatic carboxylic acids is 2. The summed E-state index contributed by atoms with van der Waals surface area (Å²) in [6.45, 7) is 2.25. The summed E-state index contributed by atoms with van der Waals surface area (Å²) in [5.41, 5.74) is 2.61. The van der Waals surface area contributed by atoms with Crippen molar-refractivity contribution in [2.75, 3.05) is 0 Å². The van der Waals surface area contributed by atoms with Crippen LogP contribution < -0.4 is 0 Å². The molecule has 4 heteroatoms.